The molecule has 5 heteroatoms. The van der Waals surface area contributed by atoms with Gasteiger partial charge < -0.3 is 10.6 Å². The van der Waals surface area contributed by atoms with Crippen molar-refractivity contribution in [2.75, 3.05) is 5.32 Å². The van der Waals surface area contributed by atoms with E-state index in [0.717, 1.165) is 12.8 Å². The van der Waals surface area contributed by atoms with Crippen molar-refractivity contribution in [1.82, 2.24) is 5.32 Å². The lowest BCUT2D eigenvalue weighted by Gasteiger charge is -2.26. The molecule has 1 aliphatic carbocycles. The molecule has 3 rings (SSSR count). The Morgan fingerprint density at radius 2 is 1.64 bits per heavy atom. The molecule has 0 bridgehead atoms. The highest BCUT2D eigenvalue weighted by Crippen LogP contribution is 2.34. The fraction of sp³-hybridized carbons (Fsp3) is 0.609. The molecule has 1 aromatic carbocycles. The van der Waals surface area contributed by atoms with Gasteiger partial charge in [0, 0.05) is 5.69 Å². The first kappa shape index (κ1) is 20.6. The Balaban J connectivity index is 1.68. The van der Waals surface area contributed by atoms with Crippen molar-refractivity contribution >= 4 is 23.3 Å². The Morgan fingerprint density at radius 1 is 1.04 bits per heavy atom. The summed E-state index contributed by atoms with van der Waals surface area (Å²) in [5, 5.41) is 5.61. The number of nitrogens with one attached hydrogen (secondary N) is 2. The second-order valence-corrected chi connectivity index (χ2v) is 8.31. The average molecular weight is 385 g/mol. The number of Topliss-reactive ketones (excluding diaryl/α,β-unsaturated/α-hetero) is 1. The van der Waals surface area contributed by atoms with Gasteiger partial charge in [-0.2, -0.15) is 0 Å². The minimum Gasteiger partial charge on any atom is -0.342 e. The number of carbonyl (C=O) groups excluding carboxylic acids is 3. The van der Waals surface area contributed by atoms with E-state index in [0.29, 0.717) is 24.4 Å². The van der Waals surface area contributed by atoms with Crippen LogP contribution in [0.3, 0.4) is 0 Å². The molecule has 28 heavy (non-hydrogen) atoms. The van der Waals surface area contributed by atoms with Crippen LogP contribution in [0.1, 0.15) is 83.1 Å². The summed E-state index contributed by atoms with van der Waals surface area (Å²) in [6.45, 7) is 3.97. The molecule has 2 aliphatic rings. The van der Waals surface area contributed by atoms with E-state index in [1.807, 2.05) is 26.0 Å². The van der Waals surface area contributed by atoms with Crippen LogP contribution < -0.4 is 10.6 Å². The summed E-state index contributed by atoms with van der Waals surface area (Å²) in [4.78, 5) is 38.1. The largest absolute Gasteiger partial charge is 0.342 e. The standard InChI is InChI=1S/C23H32N2O3/c1-3-14-23(15-4-2)20(26)19(22(28)25-23)21(27)24-18-12-10-17(11-13-18)16-8-6-5-7-9-16/h10-13,16,19H,3-9,14-15H2,1-2H3,(H,24,27)(H,25,28). The molecule has 1 aliphatic heterocycles. The Labute approximate surface area is 167 Å². The summed E-state index contributed by atoms with van der Waals surface area (Å²) in [5.41, 5.74) is 1.05. The van der Waals surface area contributed by atoms with Crippen molar-refractivity contribution < 1.29 is 14.4 Å². The lowest BCUT2D eigenvalue weighted by atomic mass is 9.83. The number of amides is 2. The van der Waals surface area contributed by atoms with Crippen molar-refractivity contribution in [1.29, 1.82) is 0 Å². The Hall–Kier alpha value is -2.17. The summed E-state index contributed by atoms with van der Waals surface area (Å²) in [7, 11) is 0. The molecule has 1 atom stereocenters. The Morgan fingerprint density at radius 3 is 2.21 bits per heavy atom. The van der Waals surface area contributed by atoms with Crippen LogP contribution in [-0.4, -0.2) is 23.1 Å². The Bertz CT molecular complexity index is 714. The minimum atomic E-state index is -1.25. The number of anilines is 1. The maximum Gasteiger partial charge on any atom is 0.244 e. The molecule has 0 aromatic heterocycles. The van der Waals surface area contributed by atoms with Crippen molar-refractivity contribution in [3.05, 3.63) is 29.8 Å². The van der Waals surface area contributed by atoms with Gasteiger partial charge in [-0.05, 0) is 49.3 Å². The van der Waals surface area contributed by atoms with E-state index in [4.69, 9.17) is 0 Å². The Kier molecular flexibility index (Phi) is 6.53. The second-order valence-electron chi connectivity index (χ2n) is 8.31. The molecule has 0 radical (unpaired) electrons. The van der Waals surface area contributed by atoms with E-state index in [9.17, 15) is 14.4 Å². The predicted octanol–water partition coefficient (Wildman–Crippen LogP) is 4.33. The molecular formula is C23H32N2O3. The zero-order valence-corrected chi connectivity index (χ0v) is 17.1. The third-order valence-electron chi connectivity index (χ3n) is 6.23. The van der Waals surface area contributed by atoms with Gasteiger partial charge in [-0.1, -0.05) is 58.1 Å². The fourth-order valence-corrected chi connectivity index (χ4v) is 4.84. The van der Waals surface area contributed by atoms with Crippen molar-refractivity contribution in [3.63, 3.8) is 0 Å². The number of ketones is 1. The zero-order chi connectivity index (χ0) is 20.1. The molecule has 2 fully saturated rings. The highest BCUT2D eigenvalue weighted by molar-refractivity contribution is 6.27. The second kappa shape index (κ2) is 8.89. The van der Waals surface area contributed by atoms with Crippen molar-refractivity contribution in [3.8, 4) is 0 Å². The van der Waals surface area contributed by atoms with Crippen LogP contribution in [0.15, 0.2) is 24.3 Å². The van der Waals surface area contributed by atoms with Gasteiger partial charge in [0.25, 0.3) is 0 Å². The SMILES string of the molecule is CCCC1(CCC)NC(=O)C(C(=O)Nc2ccc(C3CCCCC3)cc2)C1=O. The molecule has 1 aromatic rings. The number of hydrogen-bond acceptors (Lipinski definition) is 3. The summed E-state index contributed by atoms with van der Waals surface area (Å²) in [6.07, 6.45) is 9.03. The van der Waals surface area contributed by atoms with E-state index < -0.39 is 23.3 Å². The highest BCUT2D eigenvalue weighted by atomic mass is 16.2. The fourth-order valence-electron chi connectivity index (χ4n) is 4.84. The van der Waals surface area contributed by atoms with Crippen LogP contribution in [0.4, 0.5) is 5.69 Å². The van der Waals surface area contributed by atoms with Gasteiger partial charge in [0.1, 0.15) is 0 Å². The first-order chi connectivity index (χ1) is 13.5. The van der Waals surface area contributed by atoms with Gasteiger partial charge in [0.15, 0.2) is 11.7 Å². The molecule has 152 valence electrons. The zero-order valence-electron chi connectivity index (χ0n) is 17.1. The van der Waals surface area contributed by atoms with E-state index in [1.54, 1.807) is 0 Å². The van der Waals surface area contributed by atoms with Crippen LogP contribution in [0.5, 0.6) is 0 Å². The highest BCUT2D eigenvalue weighted by Gasteiger charge is 2.54. The van der Waals surface area contributed by atoms with Crippen molar-refractivity contribution in [2.45, 2.75) is 83.1 Å². The van der Waals surface area contributed by atoms with E-state index in [2.05, 4.69) is 22.8 Å². The lowest BCUT2D eigenvalue weighted by Crippen LogP contribution is -2.46. The van der Waals surface area contributed by atoms with Gasteiger partial charge in [0.2, 0.25) is 11.8 Å². The predicted molar refractivity (Wildman–Crippen MR) is 110 cm³/mol. The maximum absolute atomic E-state index is 13.0. The molecule has 1 saturated carbocycles. The number of carbonyl (C=O) groups is 3. The maximum atomic E-state index is 13.0. The molecule has 0 spiro atoms. The molecule has 1 saturated heterocycles. The van der Waals surface area contributed by atoms with Crippen molar-refractivity contribution in [2.24, 2.45) is 5.92 Å². The van der Waals surface area contributed by atoms with Gasteiger partial charge in [0.05, 0.1) is 5.54 Å². The number of benzene rings is 1. The van der Waals surface area contributed by atoms with E-state index in [-0.39, 0.29) is 5.78 Å². The molecule has 2 N–H and O–H groups in total. The third-order valence-corrected chi connectivity index (χ3v) is 6.23. The normalized spacial score (nSPS) is 22.1. The van der Waals surface area contributed by atoms with Crippen LogP contribution >= 0.6 is 0 Å². The first-order valence-electron chi connectivity index (χ1n) is 10.8. The monoisotopic (exact) mass is 384 g/mol. The molecule has 5 nitrogen and oxygen atoms in total. The summed E-state index contributed by atoms with van der Waals surface area (Å²) >= 11 is 0. The van der Waals surface area contributed by atoms with E-state index in [1.165, 1.54) is 37.7 Å². The average Bonchev–Trinajstić information content (AvgIpc) is 2.93. The van der Waals surface area contributed by atoms with Crippen LogP contribution in [0.2, 0.25) is 0 Å². The van der Waals surface area contributed by atoms with Gasteiger partial charge >= 0.3 is 0 Å². The van der Waals surface area contributed by atoms with Crippen LogP contribution in [-0.2, 0) is 14.4 Å². The molecule has 2 amide bonds. The number of rotatable bonds is 7. The molecular weight excluding hydrogens is 352 g/mol. The van der Waals surface area contributed by atoms with Crippen LogP contribution in [0.25, 0.3) is 0 Å². The molecule has 1 unspecified atom stereocenters. The summed E-state index contributed by atoms with van der Waals surface area (Å²) in [6, 6.07) is 7.87. The molecule has 1 heterocycles. The quantitative estimate of drug-likeness (QED) is 0.687. The summed E-state index contributed by atoms with van der Waals surface area (Å²) in [5.74, 6) is -1.93. The lowest BCUT2D eigenvalue weighted by molar-refractivity contribution is -0.135. The smallest absolute Gasteiger partial charge is 0.244 e. The topological polar surface area (TPSA) is 75.3 Å². The number of hydrogen-bond donors (Lipinski definition) is 2. The van der Waals surface area contributed by atoms with Gasteiger partial charge in [-0.25, -0.2) is 0 Å². The third kappa shape index (κ3) is 4.13. The minimum absolute atomic E-state index is 0.280. The van der Waals surface area contributed by atoms with E-state index >= 15 is 0 Å². The van der Waals surface area contributed by atoms with Crippen LogP contribution in [0, 0.1) is 5.92 Å². The van der Waals surface area contributed by atoms with Gasteiger partial charge in [-0.15, -0.1) is 0 Å². The summed E-state index contributed by atoms with van der Waals surface area (Å²) < 4.78 is 0. The van der Waals surface area contributed by atoms with Gasteiger partial charge in [-0.3, -0.25) is 14.4 Å². The first-order valence-corrected chi connectivity index (χ1v) is 10.8.